The lowest BCUT2D eigenvalue weighted by molar-refractivity contribution is -0.139. The van der Waals surface area contributed by atoms with Crippen LogP contribution in [0.2, 0.25) is 5.02 Å². The van der Waals surface area contributed by atoms with Crippen molar-refractivity contribution in [3.63, 3.8) is 0 Å². The van der Waals surface area contributed by atoms with E-state index < -0.39 is 16.1 Å². The van der Waals surface area contributed by atoms with Crippen LogP contribution >= 0.6 is 11.6 Å². The third-order valence-corrected chi connectivity index (χ3v) is 6.34. The summed E-state index contributed by atoms with van der Waals surface area (Å²) in [5, 5.41) is 2.66. The summed E-state index contributed by atoms with van der Waals surface area (Å²) in [7, 11) is -3.76. The number of hydrogen-bond acceptors (Lipinski definition) is 6. The summed E-state index contributed by atoms with van der Waals surface area (Å²) in [4.78, 5) is 28.9. The normalized spacial score (nSPS) is 18.7. The van der Waals surface area contributed by atoms with E-state index in [0.29, 0.717) is 19.6 Å². The number of benzene rings is 2. The molecule has 1 fully saturated rings. The lowest BCUT2D eigenvalue weighted by Gasteiger charge is -2.44. The zero-order chi connectivity index (χ0) is 25.8. The maximum absolute atomic E-state index is 13.2. The van der Waals surface area contributed by atoms with Crippen molar-refractivity contribution in [3.05, 3.63) is 58.9 Å². The van der Waals surface area contributed by atoms with Gasteiger partial charge in [-0.3, -0.25) is 9.69 Å². The molecular weight excluding hydrogens is 499 g/mol. The van der Waals surface area contributed by atoms with Crippen LogP contribution in [0.3, 0.4) is 0 Å². The van der Waals surface area contributed by atoms with E-state index in [1.165, 1.54) is 30.3 Å². The van der Waals surface area contributed by atoms with Gasteiger partial charge in [0.25, 0.3) is 5.91 Å². The minimum atomic E-state index is -3.76. The molecule has 0 aromatic heterocycles. The first-order valence-electron chi connectivity index (χ1n) is 10.9. The van der Waals surface area contributed by atoms with Crippen molar-refractivity contribution < 1.29 is 27.1 Å². The summed E-state index contributed by atoms with van der Waals surface area (Å²) in [5.41, 5.74) is 1.12. The van der Waals surface area contributed by atoms with E-state index in [4.69, 9.17) is 16.3 Å². The highest BCUT2D eigenvalue weighted by molar-refractivity contribution is 7.89. The van der Waals surface area contributed by atoms with Crippen LogP contribution in [0.15, 0.2) is 42.5 Å². The lowest BCUT2D eigenvalue weighted by Crippen LogP contribution is -2.58. The van der Waals surface area contributed by atoms with Crippen molar-refractivity contribution in [2.24, 2.45) is 0 Å². The van der Waals surface area contributed by atoms with Crippen molar-refractivity contribution in [2.45, 2.75) is 32.5 Å². The Morgan fingerprint density at radius 3 is 2.46 bits per heavy atom. The predicted molar refractivity (Wildman–Crippen MR) is 131 cm³/mol. The summed E-state index contributed by atoms with van der Waals surface area (Å²) in [6.07, 6.45) is 0.849. The van der Waals surface area contributed by atoms with Gasteiger partial charge in [0, 0.05) is 36.7 Å². The average Bonchev–Trinajstić information content (AvgIpc) is 2.75. The number of sulfonamides is 1. The third kappa shape index (κ3) is 7.81. The summed E-state index contributed by atoms with van der Waals surface area (Å²) in [6, 6.07) is 9.80. The second kappa shape index (κ2) is 11.2. The summed E-state index contributed by atoms with van der Waals surface area (Å²) >= 11 is 5.99. The van der Waals surface area contributed by atoms with Gasteiger partial charge < -0.3 is 15.0 Å². The maximum atomic E-state index is 13.2. The van der Waals surface area contributed by atoms with E-state index >= 15 is 0 Å². The Kier molecular flexibility index (Phi) is 8.57. The van der Waals surface area contributed by atoms with E-state index in [9.17, 15) is 22.4 Å². The van der Waals surface area contributed by atoms with Crippen molar-refractivity contribution >= 4 is 39.2 Å². The summed E-state index contributed by atoms with van der Waals surface area (Å²) in [5.74, 6) is -0.338. The van der Waals surface area contributed by atoms with Crippen LogP contribution in [0.4, 0.5) is 14.9 Å². The molecule has 0 saturated carbocycles. The maximum Gasteiger partial charge on any atom is 0.332 e. The van der Waals surface area contributed by atoms with Gasteiger partial charge in [-0.25, -0.2) is 22.3 Å². The zero-order valence-electron chi connectivity index (χ0n) is 19.6. The molecule has 2 atom stereocenters. The SMILES string of the molecule is CC1CN(C(=O)COc2ccc(Cl)cc2NC(=O)NS(C)(=O)=O)C(C)CN1Cc1ccc(F)cc1. The van der Waals surface area contributed by atoms with Crippen molar-refractivity contribution in [1.29, 1.82) is 0 Å². The largest absolute Gasteiger partial charge is 0.482 e. The van der Waals surface area contributed by atoms with E-state index in [1.54, 1.807) is 21.8 Å². The molecule has 1 aliphatic heterocycles. The first-order valence-corrected chi connectivity index (χ1v) is 13.2. The molecule has 2 aromatic rings. The quantitative estimate of drug-likeness (QED) is 0.574. The number of urea groups is 1. The molecule has 1 heterocycles. The van der Waals surface area contributed by atoms with Crippen molar-refractivity contribution in [2.75, 3.05) is 31.3 Å². The van der Waals surface area contributed by atoms with Crippen LogP contribution in [0.5, 0.6) is 5.75 Å². The van der Waals surface area contributed by atoms with Gasteiger partial charge in [0.2, 0.25) is 10.0 Å². The van der Waals surface area contributed by atoms with Crippen LogP contribution in [0, 0.1) is 5.82 Å². The van der Waals surface area contributed by atoms with Crippen LogP contribution in [-0.2, 0) is 21.4 Å². The fourth-order valence-corrected chi connectivity index (χ4v) is 4.41. The van der Waals surface area contributed by atoms with Gasteiger partial charge >= 0.3 is 6.03 Å². The molecule has 0 radical (unpaired) electrons. The van der Waals surface area contributed by atoms with Crippen LogP contribution in [0.1, 0.15) is 19.4 Å². The molecule has 3 rings (SSSR count). The van der Waals surface area contributed by atoms with Crippen molar-refractivity contribution in [1.82, 2.24) is 14.5 Å². The topological polar surface area (TPSA) is 108 Å². The smallest absolute Gasteiger partial charge is 0.332 e. The molecule has 0 spiro atoms. The molecule has 2 aromatic carbocycles. The van der Waals surface area contributed by atoms with Gasteiger partial charge in [0.05, 0.1) is 11.9 Å². The second-order valence-electron chi connectivity index (χ2n) is 8.56. The van der Waals surface area contributed by atoms with Crippen molar-refractivity contribution in [3.8, 4) is 5.75 Å². The highest BCUT2D eigenvalue weighted by Crippen LogP contribution is 2.28. The molecule has 1 aliphatic rings. The molecule has 190 valence electrons. The molecule has 0 aliphatic carbocycles. The predicted octanol–water partition coefficient (Wildman–Crippen LogP) is 3.06. The summed E-state index contributed by atoms with van der Waals surface area (Å²) in [6.45, 7) is 5.49. The van der Waals surface area contributed by atoms with E-state index in [1.807, 2.05) is 13.8 Å². The molecule has 9 nitrogen and oxygen atoms in total. The van der Waals surface area contributed by atoms with Gasteiger partial charge in [-0.15, -0.1) is 0 Å². The van der Waals surface area contributed by atoms with Gasteiger partial charge in [-0.1, -0.05) is 23.7 Å². The van der Waals surface area contributed by atoms with Gasteiger partial charge in [0.15, 0.2) is 6.61 Å². The standard InChI is InChI=1S/C23H28ClFN4O5S/c1-15-12-29(16(2)11-28(15)13-17-4-7-19(25)8-5-17)22(30)14-34-21-9-6-18(24)10-20(21)26-23(31)27-35(3,32)33/h4-10,15-16H,11-14H2,1-3H3,(H2,26,27,31). The highest BCUT2D eigenvalue weighted by Gasteiger charge is 2.32. The third-order valence-electron chi connectivity index (χ3n) is 5.55. The number of piperazine rings is 1. The zero-order valence-corrected chi connectivity index (χ0v) is 21.2. The molecular formula is C23H28ClFN4O5S. The first-order chi connectivity index (χ1) is 16.4. The number of anilines is 1. The minimum absolute atomic E-state index is 0.0765. The molecule has 0 bridgehead atoms. The Morgan fingerprint density at radius 2 is 1.80 bits per heavy atom. The average molecular weight is 527 g/mol. The number of nitrogens with one attached hydrogen (secondary N) is 2. The van der Waals surface area contributed by atoms with Gasteiger partial charge in [-0.2, -0.15) is 0 Å². The Labute approximate surface area is 209 Å². The lowest BCUT2D eigenvalue weighted by atomic mass is 10.1. The molecule has 2 N–H and O–H groups in total. The molecule has 12 heteroatoms. The number of carbonyl (C=O) groups excluding carboxylic acids is 2. The Balaban J connectivity index is 1.60. The number of hydrogen-bond donors (Lipinski definition) is 2. The Morgan fingerprint density at radius 1 is 1.11 bits per heavy atom. The number of halogens is 2. The molecule has 35 heavy (non-hydrogen) atoms. The van der Waals surface area contributed by atoms with Crippen LogP contribution < -0.4 is 14.8 Å². The number of nitrogens with zero attached hydrogens (tertiary/aromatic N) is 2. The van der Waals surface area contributed by atoms with E-state index in [-0.39, 0.29) is 46.9 Å². The van der Waals surface area contributed by atoms with E-state index in [2.05, 4.69) is 10.2 Å². The minimum Gasteiger partial charge on any atom is -0.482 e. The number of carbonyl (C=O) groups is 2. The molecule has 2 unspecified atom stereocenters. The Hall–Kier alpha value is -2.89. The monoisotopic (exact) mass is 526 g/mol. The summed E-state index contributed by atoms with van der Waals surface area (Å²) < 4.78 is 43.2. The second-order valence-corrected chi connectivity index (χ2v) is 10.7. The Bertz CT molecular complexity index is 1180. The van der Waals surface area contributed by atoms with Crippen LogP contribution in [0.25, 0.3) is 0 Å². The number of amides is 3. The number of rotatable bonds is 7. The fourth-order valence-electron chi connectivity index (χ4n) is 3.85. The molecule has 1 saturated heterocycles. The highest BCUT2D eigenvalue weighted by atomic mass is 35.5. The fraction of sp³-hybridized carbons (Fsp3) is 0.391. The number of ether oxygens (including phenoxy) is 1. The van der Waals surface area contributed by atoms with Gasteiger partial charge in [-0.05, 0) is 49.7 Å². The van der Waals surface area contributed by atoms with E-state index in [0.717, 1.165) is 11.8 Å². The molecule has 3 amide bonds. The van der Waals surface area contributed by atoms with Gasteiger partial charge in [0.1, 0.15) is 11.6 Å². The first kappa shape index (κ1) is 26.7. The van der Waals surface area contributed by atoms with Crippen LogP contribution in [-0.4, -0.2) is 68.2 Å².